The number of non-ortho nitro benzene ring substituents is 1. The van der Waals surface area contributed by atoms with Crippen LogP contribution in [-0.2, 0) is 32.7 Å². The molecule has 0 fully saturated rings. The fourth-order valence-electron chi connectivity index (χ4n) is 4.73. The summed E-state index contributed by atoms with van der Waals surface area (Å²) in [5.74, 6) is -1.39. The highest BCUT2D eigenvalue weighted by Gasteiger charge is 2.46. The Morgan fingerprint density at radius 2 is 1.44 bits per heavy atom. The molecule has 12 heteroatoms. The predicted molar refractivity (Wildman–Crippen MR) is 168 cm³/mol. The van der Waals surface area contributed by atoms with Crippen LogP contribution in [0.3, 0.4) is 0 Å². The van der Waals surface area contributed by atoms with E-state index in [2.05, 4.69) is 5.32 Å². The average molecular weight is 632 g/mol. The van der Waals surface area contributed by atoms with Crippen LogP contribution in [0.1, 0.15) is 30.9 Å². The third-order valence-corrected chi connectivity index (χ3v) is 9.34. The van der Waals surface area contributed by atoms with Gasteiger partial charge in [-0.3, -0.25) is 14.9 Å². The van der Waals surface area contributed by atoms with Crippen LogP contribution in [0.4, 0.5) is 10.5 Å². The quantitative estimate of drug-likeness (QED) is 0.0975. The molecule has 0 aliphatic rings. The van der Waals surface area contributed by atoms with Gasteiger partial charge in [0.05, 0.1) is 9.82 Å². The van der Waals surface area contributed by atoms with Gasteiger partial charge in [-0.15, -0.1) is 0 Å². The maximum Gasteiger partial charge on any atom is 0.407 e. The lowest BCUT2D eigenvalue weighted by atomic mass is 9.95. The van der Waals surface area contributed by atoms with Gasteiger partial charge < -0.3 is 15.2 Å². The van der Waals surface area contributed by atoms with E-state index in [0.717, 1.165) is 45.3 Å². The lowest BCUT2D eigenvalue weighted by Crippen LogP contribution is -2.54. The number of nitro benzene ring substituents is 1. The highest BCUT2D eigenvalue weighted by Crippen LogP contribution is 2.32. The van der Waals surface area contributed by atoms with E-state index in [1.807, 2.05) is 60.7 Å². The van der Waals surface area contributed by atoms with Gasteiger partial charge in [0, 0.05) is 25.2 Å². The second kappa shape index (κ2) is 14.6. The van der Waals surface area contributed by atoms with Crippen molar-refractivity contribution in [2.75, 3.05) is 6.54 Å². The van der Waals surface area contributed by atoms with Gasteiger partial charge in [0.1, 0.15) is 12.1 Å². The van der Waals surface area contributed by atoms with Gasteiger partial charge >= 0.3 is 12.1 Å². The molecular weight excluding hydrogens is 598 g/mol. The monoisotopic (exact) mass is 631 g/mol. The van der Waals surface area contributed by atoms with E-state index in [1.54, 1.807) is 24.3 Å². The molecule has 0 unspecified atom stereocenters. The van der Waals surface area contributed by atoms with E-state index in [9.17, 15) is 33.2 Å². The summed E-state index contributed by atoms with van der Waals surface area (Å²) in [6.07, 6.45) is -0.734. The Kier molecular flexibility index (Phi) is 10.7. The molecule has 0 aliphatic carbocycles. The number of benzene rings is 4. The van der Waals surface area contributed by atoms with E-state index in [-0.39, 0.29) is 43.1 Å². The highest BCUT2D eigenvalue weighted by molar-refractivity contribution is 7.89. The molecule has 45 heavy (non-hydrogen) atoms. The van der Waals surface area contributed by atoms with Crippen LogP contribution in [0.25, 0.3) is 11.1 Å². The number of hydrogen-bond acceptors (Lipinski definition) is 7. The zero-order chi connectivity index (χ0) is 32.5. The van der Waals surface area contributed by atoms with Crippen molar-refractivity contribution in [3.05, 3.63) is 130 Å². The second-order valence-corrected chi connectivity index (χ2v) is 12.4. The summed E-state index contributed by atoms with van der Waals surface area (Å²) >= 11 is 0. The van der Waals surface area contributed by atoms with Crippen molar-refractivity contribution >= 4 is 27.8 Å². The number of nitro groups is 1. The Morgan fingerprint density at radius 3 is 2.02 bits per heavy atom. The van der Waals surface area contributed by atoms with Crippen molar-refractivity contribution < 1.29 is 32.8 Å². The van der Waals surface area contributed by atoms with Crippen LogP contribution in [0.5, 0.6) is 0 Å². The van der Waals surface area contributed by atoms with Crippen LogP contribution in [-0.4, -0.2) is 46.9 Å². The number of alkyl carbamates (subject to hydrolysis) is 1. The van der Waals surface area contributed by atoms with Crippen molar-refractivity contribution in [2.45, 2.75) is 43.4 Å². The fraction of sp³-hybridized carbons (Fsp3) is 0.212. The Morgan fingerprint density at radius 1 is 0.867 bits per heavy atom. The number of carboxylic acids is 1. The standard InChI is InChI=1S/C33H33N3O8S/c1-33(31(37)38,21-8-22-34-32(39)44-24-26-9-4-2-5-10-26)35(45(42,43)30-19-17-29(18-20-30)36(40)41)23-25-13-15-28(16-14-25)27-11-6-3-7-12-27/h2-7,9-20H,8,21-24H2,1H3,(H,34,39)(H,37,38)/t33-/m0/s1. The van der Waals surface area contributed by atoms with E-state index in [0.29, 0.717) is 5.56 Å². The smallest absolute Gasteiger partial charge is 0.407 e. The molecule has 234 valence electrons. The third kappa shape index (κ3) is 8.31. The molecule has 0 bridgehead atoms. The number of carbonyl (C=O) groups is 2. The molecule has 0 heterocycles. The first-order valence-electron chi connectivity index (χ1n) is 14.1. The summed E-state index contributed by atoms with van der Waals surface area (Å²) in [7, 11) is -4.48. The maximum atomic E-state index is 14.0. The minimum Gasteiger partial charge on any atom is -0.480 e. The van der Waals surface area contributed by atoms with Gasteiger partial charge in [0.25, 0.3) is 5.69 Å². The number of carbonyl (C=O) groups excluding carboxylic acids is 1. The number of amides is 1. The fourth-order valence-corrected chi connectivity index (χ4v) is 6.48. The predicted octanol–water partition coefficient (Wildman–Crippen LogP) is 6.00. The number of aliphatic carboxylic acids is 1. The summed E-state index contributed by atoms with van der Waals surface area (Å²) in [5, 5.41) is 24.1. The van der Waals surface area contributed by atoms with Crippen LogP contribution in [0.2, 0.25) is 0 Å². The molecule has 4 aromatic rings. The third-order valence-electron chi connectivity index (χ3n) is 7.36. The van der Waals surface area contributed by atoms with Crippen molar-refractivity contribution in [1.29, 1.82) is 0 Å². The van der Waals surface area contributed by atoms with Crippen molar-refractivity contribution in [1.82, 2.24) is 9.62 Å². The lowest BCUT2D eigenvalue weighted by molar-refractivity contribution is -0.384. The Balaban J connectivity index is 1.56. The van der Waals surface area contributed by atoms with Crippen molar-refractivity contribution in [2.24, 2.45) is 0 Å². The summed E-state index contributed by atoms with van der Waals surface area (Å²) in [4.78, 5) is 35.2. The number of nitrogens with zero attached hydrogens (tertiary/aromatic N) is 2. The number of hydrogen-bond donors (Lipinski definition) is 2. The van der Waals surface area contributed by atoms with Crippen LogP contribution < -0.4 is 5.32 Å². The molecular formula is C33H33N3O8S. The largest absolute Gasteiger partial charge is 0.480 e. The summed E-state index contributed by atoms with van der Waals surface area (Å²) in [5.41, 5.74) is 0.947. The van der Waals surface area contributed by atoms with E-state index < -0.39 is 32.5 Å². The molecule has 4 rings (SSSR count). The number of nitrogens with one attached hydrogen (secondary N) is 1. The second-order valence-electron chi connectivity index (χ2n) is 10.5. The van der Waals surface area contributed by atoms with Crippen LogP contribution in [0.15, 0.2) is 114 Å². The van der Waals surface area contributed by atoms with Crippen molar-refractivity contribution in [3.63, 3.8) is 0 Å². The summed E-state index contributed by atoms with van der Waals surface area (Å²) in [6.45, 7) is 1.12. The topological polar surface area (TPSA) is 156 Å². The van der Waals surface area contributed by atoms with Crippen molar-refractivity contribution in [3.8, 4) is 11.1 Å². The Bertz CT molecular complexity index is 1720. The molecule has 0 spiro atoms. The normalized spacial score (nSPS) is 12.7. The summed E-state index contributed by atoms with van der Waals surface area (Å²) < 4.78 is 34.1. The van der Waals surface area contributed by atoms with Gasteiger partial charge in [-0.2, -0.15) is 4.31 Å². The first kappa shape index (κ1) is 32.8. The van der Waals surface area contributed by atoms with Crippen LogP contribution >= 0.6 is 0 Å². The molecule has 1 atom stereocenters. The molecule has 0 saturated heterocycles. The number of carboxylic acid groups (broad SMARTS) is 1. The summed E-state index contributed by atoms with van der Waals surface area (Å²) in [6, 6.07) is 30.1. The van der Waals surface area contributed by atoms with E-state index >= 15 is 0 Å². The minimum atomic E-state index is -4.48. The van der Waals surface area contributed by atoms with Gasteiger partial charge in [0.15, 0.2) is 0 Å². The Labute approximate surface area is 261 Å². The number of sulfonamides is 1. The first-order valence-corrected chi connectivity index (χ1v) is 15.5. The van der Waals surface area contributed by atoms with E-state index in [4.69, 9.17) is 4.74 Å². The maximum absolute atomic E-state index is 14.0. The van der Waals surface area contributed by atoms with Gasteiger partial charge in [-0.1, -0.05) is 84.9 Å². The number of ether oxygens (including phenoxy) is 1. The SMILES string of the molecule is C[C@](CCCNC(=O)OCc1ccccc1)(C(=O)O)N(Cc1ccc(-c2ccccc2)cc1)S(=O)(=O)c1ccc([N+](=O)[O-])cc1. The average Bonchev–Trinajstić information content (AvgIpc) is 3.05. The Hall–Kier alpha value is -5.07. The minimum absolute atomic E-state index is 0.0354. The van der Waals surface area contributed by atoms with E-state index in [1.165, 1.54) is 6.92 Å². The molecule has 0 radical (unpaired) electrons. The molecule has 1 amide bonds. The molecule has 2 N–H and O–H groups in total. The molecule has 0 saturated carbocycles. The molecule has 11 nitrogen and oxygen atoms in total. The zero-order valence-corrected chi connectivity index (χ0v) is 25.4. The first-order chi connectivity index (χ1) is 21.5. The van der Waals surface area contributed by atoms with Crippen LogP contribution in [0, 0.1) is 10.1 Å². The zero-order valence-electron chi connectivity index (χ0n) is 24.5. The lowest BCUT2D eigenvalue weighted by Gasteiger charge is -2.37. The highest BCUT2D eigenvalue weighted by atomic mass is 32.2. The van der Waals surface area contributed by atoms with Gasteiger partial charge in [-0.05, 0) is 54.2 Å². The molecule has 0 aliphatic heterocycles. The number of rotatable bonds is 14. The molecule has 4 aromatic carbocycles. The van der Waals surface area contributed by atoms with Gasteiger partial charge in [0.2, 0.25) is 10.0 Å². The molecule has 0 aromatic heterocycles. The van der Waals surface area contributed by atoms with Gasteiger partial charge in [-0.25, -0.2) is 13.2 Å².